The Morgan fingerprint density at radius 1 is 1.23 bits per heavy atom. The number of esters is 1. The van der Waals surface area contributed by atoms with Crippen molar-refractivity contribution in [3.05, 3.63) is 53.5 Å². The molecule has 8 nitrogen and oxygen atoms in total. The molecule has 0 aliphatic heterocycles. The maximum atomic E-state index is 12.0. The Kier molecular flexibility index (Phi) is 4.98. The summed E-state index contributed by atoms with van der Waals surface area (Å²) in [6.07, 6.45) is 1.65. The van der Waals surface area contributed by atoms with Crippen LogP contribution in [0.4, 0.5) is 5.69 Å². The number of nitrogens with zero attached hydrogens (tertiary/aromatic N) is 1. The van der Waals surface area contributed by atoms with Gasteiger partial charge in [-0.15, -0.1) is 11.3 Å². The molecule has 134 valence electrons. The molecular weight excluding hydrogens is 378 g/mol. The molecule has 3 rings (SSSR count). The minimum Gasteiger partial charge on any atom is -0.452 e. The second kappa shape index (κ2) is 7.20. The van der Waals surface area contributed by atoms with Crippen molar-refractivity contribution in [3.63, 3.8) is 0 Å². The van der Waals surface area contributed by atoms with Gasteiger partial charge in [-0.3, -0.25) is 9.78 Å². The topological polar surface area (TPSA) is 128 Å². The van der Waals surface area contributed by atoms with Gasteiger partial charge in [0.1, 0.15) is 4.21 Å². The first-order valence-electron chi connectivity index (χ1n) is 7.26. The highest BCUT2D eigenvalue weighted by molar-refractivity contribution is 7.91. The Bertz CT molecular complexity index is 1090. The van der Waals surface area contributed by atoms with Gasteiger partial charge in [-0.05, 0) is 30.3 Å². The second-order valence-corrected chi connectivity index (χ2v) is 7.90. The number of benzene rings is 1. The number of sulfonamides is 1. The lowest BCUT2D eigenvalue weighted by Crippen LogP contribution is -2.21. The van der Waals surface area contributed by atoms with E-state index < -0.39 is 28.5 Å². The molecule has 1 amide bonds. The molecule has 0 saturated heterocycles. The predicted octanol–water partition coefficient (Wildman–Crippen LogP) is 1.74. The van der Waals surface area contributed by atoms with E-state index in [1.807, 2.05) is 12.1 Å². The Labute approximate surface area is 152 Å². The average molecular weight is 391 g/mol. The van der Waals surface area contributed by atoms with Crippen LogP contribution in [0, 0.1) is 0 Å². The molecule has 0 saturated carbocycles. The van der Waals surface area contributed by atoms with Gasteiger partial charge in [0.25, 0.3) is 5.91 Å². The van der Waals surface area contributed by atoms with Gasteiger partial charge in [-0.25, -0.2) is 18.4 Å². The molecule has 0 spiro atoms. The van der Waals surface area contributed by atoms with Crippen molar-refractivity contribution in [3.8, 4) is 0 Å². The number of ether oxygens (including phenoxy) is 1. The monoisotopic (exact) mass is 391 g/mol. The van der Waals surface area contributed by atoms with Crippen molar-refractivity contribution in [2.45, 2.75) is 4.21 Å². The highest BCUT2D eigenvalue weighted by atomic mass is 32.2. The highest BCUT2D eigenvalue weighted by Gasteiger charge is 2.17. The van der Waals surface area contributed by atoms with Crippen molar-refractivity contribution in [1.82, 2.24) is 4.98 Å². The van der Waals surface area contributed by atoms with Crippen LogP contribution in [0.25, 0.3) is 10.9 Å². The van der Waals surface area contributed by atoms with Gasteiger partial charge in [0.05, 0.1) is 16.8 Å². The van der Waals surface area contributed by atoms with E-state index in [-0.39, 0.29) is 9.77 Å². The first kappa shape index (κ1) is 18.0. The first-order valence-corrected chi connectivity index (χ1v) is 9.69. The SMILES string of the molecule is NS(=O)(=O)c1cc(C(=O)OCC(=O)Nc2cccc3ncccc23)cs1. The van der Waals surface area contributed by atoms with Gasteiger partial charge in [0, 0.05) is 17.0 Å². The third-order valence-corrected chi connectivity index (χ3v) is 5.73. The minimum atomic E-state index is -3.88. The Morgan fingerprint density at radius 2 is 2.04 bits per heavy atom. The summed E-state index contributed by atoms with van der Waals surface area (Å²) in [5.74, 6) is -1.34. The zero-order valence-corrected chi connectivity index (χ0v) is 14.8. The maximum absolute atomic E-state index is 12.0. The minimum absolute atomic E-state index is 0.0150. The smallest absolute Gasteiger partial charge is 0.339 e. The number of anilines is 1. The fraction of sp³-hybridized carbons (Fsp3) is 0.0625. The molecular formula is C16H13N3O5S2. The zero-order chi connectivity index (χ0) is 18.7. The maximum Gasteiger partial charge on any atom is 0.339 e. The molecule has 2 aromatic heterocycles. The van der Waals surface area contributed by atoms with Crippen LogP contribution >= 0.6 is 11.3 Å². The van der Waals surface area contributed by atoms with E-state index in [1.54, 1.807) is 24.4 Å². The number of fused-ring (bicyclic) bond motifs is 1. The summed E-state index contributed by atoms with van der Waals surface area (Å²) in [5, 5.41) is 9.69. The van der Waals surface area contributed by atoms with Gasteiger partial charge in [0.2, 0.25) is 10.0 Å². The van der Waals surface area contributed by atoms with Crippen molar-refractivity contribution in [1.29, 1.82) is 0 Å². The molecule has 0 aliphatic carbocycles. The molecule has 0 fully saturated rings. The Morgan fingerprint density at radius 3 is 2.77 bits per heavy atom. The quantitative estimate of drug-likeness (QED) is 0.638. The number of nitrogens with one attached hydrogen (secondary N) is 1. The highest BCUT2D eigenvalue weighted by Crippen LogP contribution is 2.21. The number of pyridine rings is 1. The van der Waals surface area contributed by atoms with Crippen molar-refractivity contribution < 1.29 is 22.7 Å². The molecule has 3 N–H and O–H groups in total. The molecule has 0 atom stereocenters. The van der Waals surface area contributed by atoms with E-state index in [2.05, 4.69) is 10.3 Å². The lowest BCUT2D eigenvalue weighted by atomic mass is 10.2. The lowest BCUT2D eigenvalue weighted by molar-refractivity contribution is -0.119. The van der Waals surface area contributed by atoms with Crippen LogP contribution in [0.1, 0.15) is 10.4 Å². The molecule has 0 radical (unpaired) electrons. The van der Waals surface area contributed by atoms with Crippen molar-refractivity contribution in [2.24, 2.45) is 5.14 Å². The summed E-state index contributed by atoms with van der Waals surface area (Å²) in [5.41, 5.74) is 1.28. The van der Waals surface area contributed by atoms with Crippen molar-refractivity contribution in [2.75, 3.05) is 11.9 Å². The fourth-order valence-electron chi connectivity index (χ4n) is 2.19. The normalized spacial score (nSPS) is 11.3. The number of carbonyl (C=O) groups excluding carboxylic acids is 2. The van der Waals surface area contributed by atoms with E-state index in [0.717, 1.165) is 28.3 Å². The molecule has 0 unspecified atom stereocenters. The van der Waals surface area contributed by atoms with Crippen LogP contribution in [0.5, 0.6) is 0 Å². The zero-order valence-electron chi connectivity index (χ0n) is 13.2. The number of nitrogens with two attached hydrogens (primary N) is 1. The third kappa shape index (κ3) is 4.04. The number of primary sulfonamides is 1. The van der Waals surface area contributed by atoms with Gasteiger partial charge >= 0.3 is 5.97 Å². The van der Waals surface area contributed by atoms with E-state index in [0.29, 0.717) is 5.69 Å². The molecule has 1 aromatic carbocycles. The molecule has 10 heteroatoms. The largest absolute Gasteiger partial charge is 0.452 e. The Hall–Kier alpha value is -2.82. The van der Waals surface area contributed by atoms with Gasteiger partial charge in [0.15, 0.2) is 6.61 Å². The molecule has 2 heterocycles. The average Bonchev–Trinajstić information content (AvgIpc) is 3.11. The molecule has 0 aliphatic rings. The number of rotatable bonds is 5. The molecule has 3 aromatic rings. The standard InChI is InChI=1S/C16H13N3O5S2/c17-26(22,23)15-7-10(9-25-15)16(21)24-8-14(20)19-13-5-1-4-12-11(13)3-2-6-18-12/h1-7,9H,8H2,(H,19,20)(H2,17,22,23). The summed E-state index contributed by atoms with van der Waals surface area (Å²) < 4.78 is 27.2. The summed E-state index contributed by atoms with van der Waals surface area (Å²) in [4.78, 5) is 28.1. The number of aromatic nitrogens is 1. The fourth-order valence-corrected chi connectivity index (χ4v) is 3.76. The summed E-state index contributed by atoms with van der Waals surface area (Å²) >= 11 is 0.802. The Balaban J connectivity index is 1.63. The van der Waals surface area contributed by atoms with E-state index in [9.17, 15) is 18.0 Å². The van der Waals surface area contributed by atoms with E-state index in [1.165, 1.54) is 5.38 Å². The summed E-state index contributed by atoms with van der Waals surface area (Å²) in [6.45, 7) is -0.518. The van der Waals surface area contributed by atoms with Crippen molar-refractivity contribution >= 4 is 49.8 Å². The number of thiophene rings is 1. The first-order chi connectivity index (χ1) is 12.3. The molecule has 0 bridgehead atoms. The summed E-state index contributed by atoms with van der Waals surface area (Å²) in [7, 11) is -3.88. The van der Waals surface area contributed by atoms with Gasteiger partial charge in [-0.2, -0.15) is 0 Å². The van der Waals surface area contributed by atoms with Gasteiger partial charge < -0.3 is 10.1 Å². The van der Waals surface area contributed by atoms with Crippen LogP contribution in [-0.2, 0) is 19.6 Å². The molecule has 26 heavy (non-hydrogen) atoms. The van der Waals surface area contributed by atoms with Crippen LogP contribution in [0.3, 0.4) is 0 Å². The second-order valence-electron chi connectivity index (χ2n) is 5.20. The number of hydrogen-bond donors (Lipinski definition) is 2. The lowest BCUT2D eigenvalue weighted by Gasteiger charge is -2.08. The van der Waals surface area contributed by atoms with Crippen LogP contribution in [0.15, 0.2) is 52.2 Å². The van der Waals surface area contributed by atoms with Gasteiger partial charge in [-0.1, -0.05) is 6.07 Å². The van der Waals surface area contributed by atoms with E-state index >= 15 is 0 Å². The van der Waals surface area contributed by atoms with Crippen LogP contribution < -0.4 is 10.5 Å². The third-order valence-electron chi connectivity index (χ3n) is 3.35. The number of hydrogen-bond acceptors (Lipinski definition) is 7. The number of amides is 1. The summed E-state index contributed by atoms with van der Waals surface area (Å²) in [6, 6.07) is 9.93. The predicted molar refractivity (Wildman–Crippen MR) is 96.3 cm³/mol. The van der Waals surface area contributed by atoms with Crippen LogP contribution in [-0.4, -0.2) is 31.9 Å². The van der Waals surface area contributed by atoms with E-state index in [4.69, 9.17) is 9.88 Å². The number of carbonyl (C=O) groups is 2. The van der Waals surface area contributed by atoms with Crippen LogP contribution in [0.2, 0.25) is 0 Å².